The van der Waals surface area contributed by atoms with Gasteiger partial charge in [-0.05, 0) is 30.7 Å². The van der Waals surface area contributed by atoms with Crippen LogP contribution in [0.2, 0.25) is 0 Å². The minimum atomic E-state index is -1.14. The van der Waals surface area contributed by atoms with Crippen molar-refractivity contribution < 1.29 is 38.1 Å². The smallest absolute Gasteiger partial charge is 0.303 e. The lowest BCUT2D eigenvalue weighted by molar-refractivity contribution is -0.201. The van der Waals surface area contributed by atoms with Gasteiger partial charge in [-0.15, -0.1) is 0 Å². The summed E-state index contributed by atoms with van der Waals surface area (Å²) in [4.78, 5) is 38.4. The second-order valence-electron chi connectivity index (χ2n) is 6.71. The van der Waals surface area contributed by atoms with E-state index in [-0.39, 0.29) is 6.61 Å². The molecular formula is C20H25N3O8S. The van der Waals surface area contributed by atoms with Crippen molar-refractivity contribution in [1.29, 1.82) is 0 Å². The number of nitrogens with zero attached hydrogens (tertiary/aromatic N) is 3. The van der Waals surface area contributed by atoms with Crippen LogP contribution < -0.4 is 4.74 Å². The number of hydrogen-bond acceptors (Lipinski definition) is 10. The highest BCUT2D eigenvalue weighted by molar-refractivity contribution is 7.99. The van der Waals surface area contributed by atoms with Gasteiger partial charge in [0.2, 0.25) is 0 Å². The van der Waals surface area contributed by atoms with Gasteiger partial charge in [-0.25, -0.2) is 0 Å². The number of hydrogen-bond donors (Lipinski definition) is 0. The number of benzene rings is 1. The van der Waals surface area contributed by atoms with Gasteiger partial charge in [0.25, 0.3) is 0 Å². The Morgan fingerprint density at radius 3 is 2.41 bits per heavy atom. The molecule has 0 aliphatic carbocycles. The molecule has 0 saturated carbocycles. The first-order chi connectivity index (χ1) is 15.2. The average molecular weight is 468 g/mol. The second-order valence-corrected chi connectivity index (χ2v) is 7.89. The van der Waals surface area contributed by atoms with Gasteiger partial charge in [-0.2, -0.15) is 0 Å². The predicted molar refractivity (Wildman–Crippen MR) is 113 cm³/mol. The first kappa shape index (κ1) is 25.3. The molecule has 1 aromatic carbocycles. The monoisotopic (exact) mass is 467 g/mol. The highest BCUT2D eigenvalue weighted by Gasteiger charge is 2.50. The normalized spacial score (nSPS) is 24.6. The standard InChI is InChI=1S/C20H25N3O8S/c1-5-27-14-7-6-8-15(9-14)32-20-19(30-13(4)26)17(22-23-21)18(29-12(3)25)16(31-20)10-28-11(2)24/h6-9,16-20H,5,10H2,1-4H3/t16?,17?,18-,19+,20+/m0/s1. The summed E-state index contributed by atoms with van der Waals surface area (Å²) in [6.07, 6.45) is -3.18. The minimum absolute atomic E-state index is 0.256. The van der Waals surface area contributed by atoms with Crippen molar-refractivity contribution >= 4 is 29.7 Å². The summed E-state index contributed by atoms with van der Waals surface area (Å²) in [5, 5.41) is 3.74. The molecule has 1 aromatic rings. The SMILES string of the molecule is CCOc1cccc(S[C@H]2OC(COC(C)=O)[C@H](OC(C)=O)C(N=[N+]=[N-])[C@H]2OC(C)=O)c1. The Bertz CT molecular complexity index is 876. The third-order valence-corrected chi connectivity index (χ3v) is 5.36. The molecule has 2 unspecified atom stereocenters. The van der Waals surface area contributed by atoms with E-state index in [4.69, 9.17) is 29.2 Å². The Morgan fingerprint density at radius 1 is 1.12 bits per heavy atom. The van der Waals surface area contributed by atoms with Crippen molar-refractivity contribution in [1.82, 2.24) is 0 Å². The van der Waals surface area contributed by atoms with Crippen molar-refractivity contribution in [3.8, 4) is 5.75 Å². The second kappa shape index (κ2) is 12.2. The highest BCUT2D eigenvalue weighted by atomic mass is 32.2. The van der Waals surface area contributed by atoms with E-state index < -0.39 is 47.7 Å². The van der Waals surface area contributed by atoms with E-state index >= 15 is 0 Å². The van der Waals surface area contributed by atoms with Crippen molar-refractivity contribution in [2.45, 2.75) is 62.4 Å². The summed E-state index contributed by atoms with van der Waals surface area (Å²) in [6.45, 7) is 5.69. The van der Waals surface area contributed by atoms with Gasteiger partial charge in [-0.1, -0.05) is 22.9 Å². The molecule has 0 bridgehead atoms. The van der Waals surface area contributed by atoms with Crippen LogP contribution in [0.25, 0.3) is 10.4 Å². The molecule has 1 fully saturated rings. The van der Waals surface area contributed by atoms with Gasteiger partial charge < -0.3 is 23.7 Å². The van der Waals surface area contributed by atoms with Gasteiger partial charge in [0.15, 0.2) is 0 Å². The Labute approximate surface area is 189 Å². The van der Waals surface area contributed by atoms with Crippen molar-refractivity contribution in [3.63, 3.8) is 0 Å². The van der Waals surface area contributed by atoms with Crippen molar-refractivity contribution in [2.24, 2.45) is 5.11 Å². The molecule has 1 aliphatic heterocycles. The van der Waals surface area contributed by atoms with E-state index in [1.54, 1.807) is 18.2 Å². The number of thioether (sulfide) groups is 1. The zero-order chi connectivity index (χ0) is 23.7. The molecule has 0 radical (unpaired) electrons. The lowest BCUT2D eigenvalue weighted by atomic mass is 9.97. The maximum absolute atomic E-state index is 11.8. The largest absolute Gasteiger partial charge is 0.494 e. The summed E-state index contributed by atoms with van der Waals surface area (Å²) in [5.74, 6) is -1.23. The molecule has 0 aromatic heterocycles. The van der Waals surface area contributed by atoms with E-state index in [2.05, 4.69) is 10.0 Å². The van der Waals surface area contributed by atoms with Crippen molar-refractivity contribution in [2.75, 3.05) is 13.2 Å². The van der Waals surface area contributed by atoms with Gasteiger partial charge >= 0.3 is 17.9 Å². The summed E-state index contributed by atoms with van der Waals surface area (Å²) in [6, 6.07) is 6.06. The number of rotatable bonds is 9. The summed E-state index contributed by atoms with van der Waals surface area (Å²) in [7, 11) is 0. The Hall–Kier alpha value is -2.95. The van der Waals surface area contributed by atoms with Gasteiger partial charge in [0.05, 0.1) is 6.61 Å². The zero-order valence-electron chi connectivity index (χ0n) is 18.1. The lowest BCUT2D eigenvalue weighted by Gasteiger charge is -2.43. The third-order valence-electron chi connectivity index (χ3n) is 4.23. The first-order valence-corrected chi connectivity index (χ1v) is 10.7. The van der Waals surface area contributed by atoms with E-state index in [0.717, 1.165) is 4.90 Å². The molecular weight excluding hydrogens is 442 g/mol. The summed E-state index contributed by atoms with van der Waals surface area (Å²) in [5.41, 5.74) is 8.26. The fraction of sp³-hybridized carbons (Fsp3) is 0.550. The maximum atomic E-state index is 11.8. The Morgan fingerprint density at radius 2 is 1.81 bits per heavy atom. The first-order valence-electron chi connectivity index (χ1n) is 9.82. The van der Waals surface area contributed by atoms with E-state index in [0.29, 0.717) is 12.4 Å². The topological polar surface area (TPSA) is 146 Å². The molecule has 0 spiro atoms. The predicted octanol–water partition coefficient (Wildman–Crippen LogP) is 3.01. The molecule has 0 N–H and O–H groups in total. The summed E-state index contributed by atoms with van der Waals surface area (Å²) >= 11 is 1.20. The lowest BCUT2D eigenvalue weighted by Crippen LogP contribution is -2.59. The minimum Gasteiger partial charge on any atom is -0.494 e. The zero-order valence-corrected chi connectivity index (χ0v) is 18.9. The van der Waals surface area contributed by atoms with E-state index in [1.807, 2.05) is 13.0 Å². The fourth-order valence-corrected chi connectivity index (χ4v) is 4.27. The molecule has 2 rings (SSSR count). The van der Waals surface area contributed by atoms with Crippen LogP contribution in [0.15, 0.2) is 34.3 Å². The molecule has 1 saturated heterocycles. The molecule has 12 heteroatoms. The van der Waals surface area contributed by atoms with Crippen LogP contribution in [0.1, 0.15) is 27.7 Å². The molecule has 174 valence electrons. The number of carbonyl (C=O) groups excluding carboxylic acids is 3. The van der Waals surface area contributed by atoms with Crippen LogP contribution in [0.5, 0.6) is 5.75 Å². The molecule has 0 amide bonds. The van der Waals surface area contributed by atoms with Gasteiger partial charge in [0.1, 0.15) is 42.1 Å². The molecule has 1 heterocycles. The Balaban J connectivity index is 2.42. The van der Waals surface area contributed by atoms with Crippen LogP contribution in [-0.4, -0.2) is 60.9 Å². The van der Waals surface area contributed by atoms with Crippen molar-refractivity contribution in [3.05, 3.63) is 34.7 Å². The van der Waals surface area contributed by atoms with Crippen LogP contribution >= 0.6 is 11.8 Å². The van der Waals surface area contributed by atoms with E-state index in [9.17, 15) is 14.4 Å². The van der Waals surface area contributed by atoms with Gasteiger partial charge in [0, 0.05) is 30.6 Å². The maximum Gasteiger partial charge on any atom is 0.303 e. The molecule has 32 heavy (non-hydrogen) atoms. The molecule has 1 aliphatic rings. The molecule has 11 nitrogen and oxygen atoms in total. The number of esters is 3. The number of azide groups is 1. The third kappa shape index (κ3) is 7.33. The van der Waals surface area contributed by atoms with Gasteiger partial charge in [-0.3, -0.25) is 14.4 Å². The van der Waals surface area contributed by atoms with Crippen LogP contribution in [0, 0.1) is 0 Å². The van der Waals surface area contributed by atoms with E-state index in [1.165, 1.54) is 32.5 Å². The fourth-order valence-electron chi connectivity index (χ4n) is 3.11. The Kier molecular flexibility index (Phi) is 9.63. The number of carbonyl (C=O) groups is 3. The van der Waals surface area contributed by atoms with Crippen LogP contribution in [0.3, 0.4) is 0 Å². The van der Waals surface area contributed by atoms with Crippen LogP contribution in [0.4, 0.5) is 0 Å². The number of ether oxygens (including phenoxy) is 5. The van der Waals surface area contributed by atoms with Crippen LogP contribution in [-0.2, 0) is 33.3 Å². The summed E-state index contributed by atoms with van der Waals surface area (Å²) < 4.78 is 27.4. The highest BCUT2D eigenvalue weighted by Crippen LogP contribution is 2.38. The average Bonchev–Trinajstić information content (AvgIpc) is 2.71. The molecule has 5 atom stereocenters. The quantitative estimate of drug-likeness (QED) is 0.176.